The second-order valence-electron chi connectivity index (χ2n) is 6.30. The average molecular weight is 306 g/mol. The van der Waals surface area contributed by atoms with Crippen molar-refractivity contribution in [1.82, 2.24) is 0 Å². The van der Waals surface area contributed by atoms with E-state index in [2.05, 4.69) is 52.4 Å². The molecule has 1 nitrogen and oxygen atoms in total. The summed E-state index contributed by atoms with van der Waals surface area (Å²) in [7, 11) is -1.72. The van der Waals surface area contributed by atoms with Crippen molar-refractivity contribution in [3.63, 3.8) is 0 Å². The second kappa shape index (κ2) is 13.7. The smallest absolute Gasteiger partial charge is 0.00878 e. The first-order valence-corrected chi connectivity index (χ1v) is 13.1. The Morgan fingerprint density at radius 1 is 0.941 bits per heavy atom. The Morgan fingerprint density at radius 2 is 1.24 bits per heavy atom. The van der Waals surface area contributed by atoms with Gasteiger partial charge in [0.2, 0.25) is 0 Å². The first-order valence-electron chi connectivity index (χ1n) is 5.64. The van der Waals surface area contributed by atoms with Crippen molar-refractivity contribution in [2.45, 2.75) is 52.1 Å². The van der Waals surface area contributed by atoms with Crippen molar-refractivity contribution in [2.24, 2.45) is 0 Å². The molecule has 105 valence electrons. The number of hydrogen-bond donors (Lipinski definition) is 0. The number of rotatable bonds is 0. The zero-order chi connectivity index (χ0) is 12.5. The zero-order valence-corrected chi connectivity index (χ0v) is 16.9. The summed E-state index contributed by atoms with van der Waals surface area (Å²) in [5, 5.41) is 0. The van der Waals surface area contributed by atoms with E-state index in [9.17, 15) is 0 Å². The summed E-state index contributed by atoms with van der Waals surface area (Å²) in [5.74, 6) is 0. The summed E-state index contributed by atoms with van der Waals surface area (Å²) in [4.78, 5) is 0. The molecule has 4 heteroatoms. The molecule has 0 saturated carbocycles. The Bertz CT molecular complexity index is 104. The Kier molecular flexibility index (Phi) is 21.5. The fourth-order valence-electron chi connectivity index (χ4n) is 0.417. The van der Waals surface area contributed by atoms with Crippen molar-refractivity contribution < 1.29 is 30.6 Å². The zero-order valence-electron chi connectivity index (χ0n) is 13.1. The summed E-state index contributed by atoms with van der Waals surface area (Å²) < 4.78 is 4.82. The molecule has 0 bridgehead atoms. The maximum atomic E-state index is 4.82. The van der Waals surface area contributed by atoms with E-state index in [1.807, 2.05) is 6.61 Å². The molecule has 0 aliphatic carbocycles. The largest absolute Gasteiger partial charge is 0.552 e. The van der Waals surface area contributed by atoms with Crippen molar-refractivity contribution in [3.05, 3.63) is 27.1 Å². The van der Waals surface area contributed by atoms with Gasteiger partial charge in [0.25, 0.3) is 0 Å². The van der Waals surface area contributed by atoms with Crippen LogP contribution in [0, 0.1) is 27.1 Å². The second-order valence-corrected chi connectivity index (χ2v) is 16.5. The predicted octanol–water partition coefficient (Wildman–Crippen LogP) is 4.80. The summed E-state index contributed by atoms with van der Waals surface area (Å²) in [5.41, 5.74) is 0. The summed E-state index contributed by atoms with van der Waals surface area (Å²) in [6, 6.07) is 0. The minimum atomic E-state index is -0.861. The molecule has 1 aliphatic rings. The van der Waals surface area contributed by atoms with Gasteiger partial charge in [-0.3, -0.25) is 0 Å². The van der Waals surface area contributed by atoms with Crippen LogP contribution < -0.4 is 0 Å². The van der Waals surface area contributed by atoms with Crippen molar-refractivity contribution in [3.8, 4) is 0 Å². The van der Waals surface area contributed by atoms with Crippen LogP contribution in [0.3, 0.4) is 0 Å². The molecule has 0 spiro atoms. The van der Waals surface area contributed by atoms with Gasteiger partial charge < -0.3 is 25.3 Å². The maximum absolute atomic E-state index is 4.82. The topological polar surface area (TPSA) is 9.23 Å². The van der Waals surface area contributed by atoms with Crippen LogP contribution >= 0.6 is 0 Å². The van der Waals surface area contributed by atoms with E-state index in [0.29, 0.717) is 0 Å². The van der Waals surface area contributed by atoms with Gasteiger partial charge >= 0.3 is 0 Å². The molecule has 1 rings (SSSR count). The fourth-order valence-corrected chi connectivity index (χ4v) is 0.417. The molecule has 1 saturated heterocycles. The van der Waals surface area contributed by atoms with E-state index in [-0.39, 0.29) is 33.3 Å². The summed E-state index contributed by atoms with van der Waals surface area (Å²) >= 11 is 0. The quantitative estimate of drug-likeness (QED) is 0.461. The van der Waals surface area contributed by atoms with E-state index in [1.54, 1.807) is 0 Å². The number of hydrogen-bond acceptors (Lipinski definition) is 1. The van der Waals surface area contributed by atoms with Gasteiger partial charge in [-0.15, -0.1) is 16.1 Å². The third-order valence-corrected chi connectivity index (χ3v) is 0.702. The van der Waals surface area contributed by atoms with Gasteiger partial charge in [-0.1, -0.05) is 45.7 Å². The average Bonchev–Trinajstić information content (AvgIpc) is 2.28. The molecule has 0 aromatic rings. The molecule has 0 amide bonds. The first-order chi connectivity index (χ1) is 6.50. The molecule has 0 aromatic carbocycles. The van der Waals surface area contributed by atoms with Gasteiger partial charge in [0.1, 0.15) is 0 Å². The van der Waals surface area contributed by atoms with Crippen molar-refractivity contribution in [1.29, 1.82) is 0 Å². The Morgan fingerprint density at radius 3 is 1.29 bits per heavy atom. The molecule has 1 radical (unpaired) electrons. The van der Waals surface area contributed by atoms with Crippen LogP contribution in [0.5, 0.6) is 0 Å². The molecule has 17 heavy (non-hydrogen) atoms. The van der Waals surface area contributed by atoms with Gasteiger partial charge in [-0.2, -0.15) is 6.42 Å². The Labute approximate surface area is 132 Å². The first kappa shape index (κ1) is 26.8. The van der Waals surface area contributed by atoms with Crippen molar-refractivity contribution in [2.75, 3.05) is 6.61 Å². The van der Waals surface area contributed by atoms with E-state index in [4.69, 9.17) is 4.74 Å². The minimum absolute atomic E-state index is 0. The van der Waals surface area contributed by atoms with E-state index in [0.717, 1.165) is 13.0 Å². The molecule has 0 aromatic heterocycles. The monoisotopic (exact) mass is 305 g/mol. The van der Waals surface area contributed by atoms with Gasteiger partial charge in [-0.25, -0.2) is 6.61 Å². The predicted molar refractivity (Wildman–Crippen MR) is 83.3 cm³/mol. The minimum Gasteiger partial charge on any atom is -0.552 e. The van der Waals surface area contributed by atoms with E-state index in [1.165, 1.54) is 6.42 Å². The molecule has 0 N–H and O–H groups in total. The molecular formula is C13H32OScSi2-4. The van der Waals surface area contributed by atoms with Crippen molar-refractivity contribution >= 4 is 16.1 Å². The van der Waals surface area contributed by atoms with Crippen LogP contribution in [0.4, 0.5) is 0 Å². The summed E-state index contributed by atoms with van der Waals surface area (Å²) in [6.45, 7) is 23.9. The van der Waals surface area contributed by atoms with Gasteiger partial charge in [-0.05, 0) is 0 Å². The van der Waals surface area contributed by atoms with Gasteiger partial charge in [0.15, 0.2) is 0 Å². The van der Waals surface area contributed by atoms with Crippen LogP contribution in [-0.2, 0) is 30.6 Å². The molecule has 1 aliphatic heterocycles. The van der Waals surface area contributed by atoms with Crippen LogP contribution in [0.25, 0.3) is 0 Å². The van der Waals surface area contributed by atoms with Gasteiger partial charge in [0.05, 0.1) is 0 Å². The SMILES string of the molecule is [CH-]1CCCO1.[CH2-][Si](C)(C)C.[CH2-][Si](C)(C)C.[CH3-].[Sc]. The normalized spacial score (nSPS) is 14.1. The third kappa shape index (κ3) is 103. The molecule has 0 atom stereocenters. The van der Waals surface area contributed by atoms with Crippen LogP contribution in [0.1, 0.15) is 12.8 Å². The van der Waals surface area contributed by atoms with Crippen LogP contribution in [0.15, 0.2) is 0 Å². The molecular weight excluding hydrogens is 273 g/mol. The standard InChI is InChI=1S/C4H7O.2C4H11Si.CH3.Sc/c1-2-4-5-3-1;2*1-5(2,3)4;;/h3H,1-2,4H2;2*1H2,2-4H3;1H3;/q4*-1;. The maximum Gasteiger partial charge on any atom is 0.00878 e. The van der Waals surface area contributed by atoms with Gasteiger partial charge in [0, 0.05) is 32.5 Å². The fraction of sp³-hybridized carbons (Fsp3) is 0.692. The molecule has 1 heterocycles. The molecule has 0 unspecified atom stereocenters. The Balaban J connectivity index is -0.0000000704. The third-order valence-electron chi connectivity index (χ3n) is 0.702. The summed E-state index contributed by atoms with van der Waals surface area (Å²) in [6.07, 6.45) is 2.38. The number of ether oxygens (including phenoxy) is 1. The Hall–Kier alpha value is 1.26. The van der Waals surface area contributed by atoms with Crippen LogP contribution in [0.2, 0.25) is 39.3 Å². The van der Waals surface area contributed by atoms with E-state index < -0.39 is 16.1 Å². The molecule has 1 fully saturated rings. The van der Waals surface area contributed by atoms with Crippen LogP contribution in [-0.4, -0.2) is 22.8 Å². The van der Waals surface area contributed by atoms with E-state index >= 15 is 0 Å².